The SMILES string of the molecule is CCc1ccc(N=Nc2ccc(N=Nc3ccc(N=Cc4ccc(C)cc4O)c4ccccc34)c3ccccc23)cc1. The van der Waals surface area contributed by atoms with E-state index in [9.17, 15) is 5.11 Å². The molecule has 6 rings (SSSR count). The molecule has 204 valence electrons. The van der Waals surface area contributed by atoms with E-state index in [-0.39, 0.29) is 5.75 Å². The van der Waals surface area contributed by atoms with Gasteiger partial charge in [0.1, 0.15) is 5.75 Å². The molecule has 42 heavy (non-hydrogen) atoms. The second kappa shape index (κ2) is 11.9. The van der Waals surface area contributed by atoms with E-state index in [4.69, 9.17) is 0 Å². The van der Waals surface area contributed by atoms with Gasteiger partial charge in [0.25, 0.3) is 0 Å². The minimum atomic E-state index is 0.207. The van der Waals surface area contributed by atoms with Gasteiger partial charge in [-0.05, 0) is 73.0 Å². The van der Waals surface area contributed by atoms with Crippen LogP contribution in [0.3, 0.4) is 0 Å². The molecule has 0 unspecified atom stereocenters. The minimum Gasteiger partial charge on any atom is -0.507 e. The Morgan fingerprint density at radius 1 is 0.571 bits per heavy atom. The van der Waals surface area contributed by atoms with Crippen LogP contribution in [0.2, 0.25) is 0 Å². The summed E-state index contributed by atoms with van der Waals surface area (Å²) in [6.45, 7) is 4.08. The van der Waals surface area contributed by atoms with Crippen molar-refractivity contribution < 1.29 is 5.11 Å². The highest BCUT2D eigenvalue weighted by molar-refractivity contribution is 6.02. The molecule has 0 heterocycles. The molecule has 0 saturated carbocycles. The van der Waals surface area contributed by atoms with Crippen molar-refractivity contribution in [1.29, 1.82) is 0 Å². The third-order valence-electron chi connectivity index (χ3n) is 7.17. The van der Waals surface area contributed by atoms with Gasteiger partial charge < -0.3 is 5.11 Å². The second-order valence-corrected chi connectivity index (χ2v) is 10.0. The number of aromatic hydroxyl groups is 1. The van der Waals surface area contributed by atoms with Crippen molar-refractivity contribution in [3.8, 4) is 5.75 Å². The molecule has 6 heteroatoms. The van der Waals surface area contributed by atoms with Gasteiger partial charge in [-0.2, -0.15) is 5.11 Å². The maximum absolute atomic E-state index is 10.3. The predicted octanol–water partition coefficient (Wildman–Crippen LogP) is 11.2. The number of aryl methyl sites for hydroxylation is 2. The quantitative estimate of drug-likeness (QED) is 0.156. The number of fused-ring (bicyclic) bond motifs is 2. The first kappa shape index (κ1) is 26.7. The molecule has 6 aromatic carbocycles. The van der Waals surface area contributed by atoms with Crippen molar-refractivity contribution in [1.82, 2.24) is 0 Å². The highest BCUT2D eigenvalue weighted by atomic mass is 16.3. The molecule has 0 aromatic heterocycles. The Hall–Kier alpha value is -5.49. The number of phenolic OH excluding ortho intramolecular Hbond substituents is 1. The molecule has 6 nitrogen and oxygen atoms in total. The zero-order valence-electron chi connectivity index (χ0n) is 23.4. The van der Waals surface area contributed by atoms with Gasteiger partial charge >= 0.3 is 0 Å². The van der Waals surface area contributed by atoms with Crippen LogP contribution >= 0.6 is 0 Å². The average molecular weight is 548 g/mol. The first-order valence-corrected chi connectivity index (χ1v) is 13.9. The molecular weight excluding hydrogens is 518 g/mol. The number of azo groups is 2. The van der Waals surface area contributed by atoms with Crippen molar-refractivity contribution in [2.75, 3.05) is 0 Å². The molecule has 0 saturated heterocycles. The maximum atomic E-state index is 10.3. The fourth-order valence-corrected chi connectivity index (χ4v) is 4.83. The molecule has 0 bridgehead atoms. The van der Waals surface area contributed by atoms with E-state index in [2.05, 4.69) is 44.5 Å². The number of phenols is 1. The van der Waals surface area contributed by atoms with Crippen LogP contribution in [0.1, 0.15) is 23.6 Å². The second-order valence-electron chi connectivity index (χ2n) is 10.0. The molecule has 0 amide bonds. The molecule has 0 aliphatic carbocycles. The highest BCUT2D eigenvalue weighted by Gasteiger charge is 2.08. The molecule has 0 aliphatic rings. The summed E-state index contributed by atoms with van der Waals surface area (Å²) in [7, 11) is 0. The lowest BCUT2D eigenvalue weighted by Crippen LogP contribution is -1.84. The molecule has 1 N–H and O–H groups in total. The fraction of sp³-hybridized carbons (Fsp3) is 0.0833. The first-order valence-electron chi connectivity index (χ1n) is 13.9. The summed E-state index contributed by atoms with van der Waals surface area (Å²) in [6, 6.07) is 37.4. The number of aliphatic imine (C=N–C) groups is 1. The average Bonchev–Trinajstić information content (AvgIpc) is 3.03. The van der Waals surface area contributed by atoms with Crippen molar-refractivity contribution in [3.63, 3.8) is 0 Å². The Morgan fingerprint density at radius 3 is 1.60 bits per heavy atom. The third kappa shape index (κ3) is 5.69. The van der Waals surface area contributed by atoms with Crippen molar-refractivity contribution in [3.05, 3.63) is 132 Å². The van der Waals surface area contributed by atoms with Gasteiger partial charge in [-0.3, -0.25) is 4.99 Å². The maximum Gasteiger partial charge on any atom is 0.124 e. The van der Waals surface area contributed by atoms with Crippen LogP contribution in [0.4, 0.5) is 28.4 Å². The van der Waals surface area contributed by atoms with E-state index in [1.165, 1.54) is 5.56 Å². The summed E-state index contributed by atoms with van der Waals surface area (Å²) >= 11 is 0. The van der Waals surface area contributed by atoms with E-state index in [0.717, 1.165) is 62.0 Å². The van der Waals surface area contributed by atoms with Crippen LogP contribution in [0.5, 0.6) is 5.75 Å². The molecule has 0 aliphatic heterocycles. The summed E-state index contributed by atoms with van der Waals surface area (Å²) in [5, 5.41) is 32.4. The van der Waals surface area contributed by atoms with Gasteiger partial charge in [-0.1, -0.05) is 73.7 Å². The lowest BCUT2D eigenvalue weighted by Gasteiger charge is -2.07. The van der Waals surface area contributed by atoms with Crippen molar-refractivity contribution >= 4 is 56.2 Å². The predicted molar refractivity (Wildman–Crippen MR) is 172 cm³/mol. The van der Waals surface area contributed by atoms with Crippen LogP contribution in [-0.4, -0.2) is 11.3 Å². The number of nitrogens with zero attached hydrogens (tertiary/aromatic N) is 5. The lowest BCUT2D eigenvalue weighted by molar-refractivity contribution is 0.474. The standard InChI is InChI=1S/C36H29N5O/c1-3-25-13-16-27(17-14-25)38-39-33-20-21-35(31-11-7-6-10-30(31)33)41-40-34-19-18-32(28-8-4-5-9-29(28)34)37-23-26-15-12-24(2)22-36(26)42/h4-23,42H,3H2,1-2H3. The molecular formula is C36H29N5O. The zero-order chi connectivity index (χ0) is 28.9. The first-order chi connectivity index (χ1) is 20.6. The van der Waals surface area contributed by atoms with Crippen molar-refractivity contribution in [2.45, 2.75) is 20.3 Å². The zero-order valence-corrected chi connectivity index (χ0v) is 23.4. The topological polar surface area (TPSA) is 82.0 Å². The fourth-order valence-electron chi connectivity index (χ4n) is 4.83. The Balaban J connectivity index is 1.31. The summed E-state index contributed by atoms with van der Waals surface area (Å²) < 4.78 is 0. The number of hydrogen-bond donors (Lipinski definition) is 1. The molecule has 0 radical (unpaired) electrons. The molecule has 0 fully saturated rings. The van der Waals surface area contributed by atoms with Gasteiger partial charge in [0.15, 0.2) is 0 Å². The van der Waals surface area contributed by atoms with Gasteiger partial charge in [0.05, 0.1) is 28.4 Å². The Bertz CT molecular complexity index is 1990. The van der Waals surface area contributed by atoms with E-state index >= 15 is 0 Å². The summed E-state index contributed by atoms with van der Waals surface area (Å²) in [5.41, 5.74) is 6.79. The molecule has 0 spiro atoms. The smallest absolute Gasteiger partial charge is 0.124 e. The largest absolute Gasteiger partial charge is 0.507 e. The van der Waals surface area contributed by atoms with E-state index in [1.807, 2.05) is 104 Å². The Labute approximate surface area is 244 Å². The van der Waals surface area contributed by atoms with Gasteiger partial charge in [0, 0.05) is 33.3 Å². The Morgan fingerprint density at radius 2 is 1.07 bits per heavy atom. The summed E-state index contributed by atoms with van der Waals surface area (Å²) in [6.07, 6.45) is 2.67. The minimum absolute atomic E-state index is 0.207. The lowest BCUT2D eigenvalue weighted by atomic mass is 10.1. The molecule has 6 aromatic rings. The highest BCUT2D eigenvalue weighted by Crippen LogP contribution is 2.38. The van der Waals surface area contributed by atoms with E-state index in [0.29, 0.717) is 5.56 Å². The summed E-state index contributed by atoms with van der Waals surface area (Å²) in [4.78, 5) is 4.68. The number of rotatable bonds is 7. The van der Waals surface area contributed by atoms with Crippen LogP contribution in [0.15, 0.2) is 141 Å². The van der Waals surface area contributed by atoms with Crippen LogP contribution in [0.25, 0.3) is 21.5 Å². The number of hydrogen-bond acceptors (Lipinski definition) is 6. The van der Waals surface area contributed by atoms with E-state index in [1.54, 1.807) is 12.3 Å². The van der Waals surface area contributed by atoms with Crippen molar-refractivity contribution in [2.24, 2.45) is 25.4 Å². The van der Waals surface area contributed by atoms with E-state index < -0.39 is 0 Å². The van der Waals surface area contributed by atoms with Gasteiger partial charge in [-0.15, -0.1) is 15.3 Å². The van der Waals surface area contributed by atoms with Gasteiger partial charge in [-0.25, -0.2) is 0 Å². The normalized spacial score (nSPS) is 12.0. The molecule has 0 atom stereocenters. The van der Waals surface area contributed by atoms with Crippen LogP contribution in [-0.2, 0) is 6.42 Å². The number of benzene rings is 6. The van der Waals surface area contributed by atoms with Crippen LogP contribution in [0, 0.1) is 6.92 Å². The Kier molecular flexibility index (Phi) is 7.60. The van der Waals surface area contributed by atoms with Crippen LogP contribution < -0.4 is 0 Å². The monoisotopic (exact) mass is 547 g/mol. The van der Waals surface area contributed by atoms with Gasteiger partial charge in [0.2, 0.25) is 0 Å². The third-order valence-corrected chi connectivity index (χ3v) is 7.17. The summed E-state index contributed by atoms with van der Waals surface area (Å²) in [5.74, 6) is 0.207.